The molecule has 25 heavy (non-hydrogen) atoms. The van der Waals surface area contributed by atoms with Gasteiger partial charge in [0.25, 0.3) is 0 Å². The standard InChI is InChI=1S/C23H22N2/c1-3-9-19(10-4-1)20-13-15-22(16-14-20)25-18-8-7-17-24-23(25)21-11-5-2-6-12-21/h1-6,9-16H,7-8,17-18H2. The van der Waals surface area contributed by atoms with Crippen molar-refractivity contribution < 1.29 is 0 Å². The molecule has 0 saturated heterocycles. The molecule has 0 unspecified atom stereocenters. The van der Waals surface area contributed by atoms with E-state index in [-0.39, 0.29) is 0 Å². The van der Waals surface area contributed by atoms with Crippen LogP contribution in [-0.2, 0) is 0 Å². The zero-order valence-corrected chi connectivity index (χ0v) is 14.3. The van der Waals surface area contributed by atoms with Crippen molar-refractivity contribution in [3.8, 4) is 11.1 Å². The molecule has 0 amide bonds. The van der Waals surface area contributed by atoms with Crippen molar-refractivity contribution >= 4 is 11.5 Å². The summed E-state index contributed by atoms with van der Waals surface area (Å²) in [6, 6.07) is 29.9. The first kappa shape index (κ1) is 15.6. The maximum Gasteiger partial charge on any atom is 0.135 e. The summed E-state index contributed by atoms with van der Waals surface area (Å²) in [5, 5.41) is 0. The Morgan fingerprint density at radius 1 is 0.600 bits per heavy atom. The highest BCUT2D eigenvalue weighted by molar-refractivity contribution is 6.10. The van der Waals surface area contributed by atoms with E-state index in [1.807, 2.05) is 0 Å². The van der Waals surface area contributed by atoms with E-state index in [1.54, 1.807) is 0 Å². The van der Waals surface area contributed by atoms with Crippen LogP contribution in [0.1, 0.15) is 18.4 Å². The molecule has 4 rings (SSSR count). The first-order valence-electron chi connectivity index (χ1n) is 8.95. The van der Waals surface area contributed by atoms with E-state index in [2.05, 4.69) is 89.8 Å². The van der Waals surface area contributed by atoms with Crippen LogP contribution < -0.4 is 4.90 Å². The first-order chi connectivity index (χ1) is 12.4. The van der Waals surface area contributed by atoms with Crippen molar-refractivity contribution in [1.29, 1.82) is 0 Å². The SMILES string of the molecule is c1ccc(C2=NCCCCN2c2ccc(-c3ccccc3)cc2)cc1. The zero-order chi connectivity index (χ0) is 16.9. The molecular weight excluding hydrogens is 304 g/mol. The molecule has 0 aliphatic carbocycles. The second-order valence-electron chi connectivity index (χ2n) is 6.34. The molecule has 1 aliphatic heterocycles. The Morgan fingerprint density at radius 2 is 1.20 bits per heavy atom. The second-order valence-corrected chi connectivity index (χ2v) is 6.34. The monoisotopic (exact) mass is 326 g/mol. The van der Waals surface area contributed by atoms with Crippen LogP contribution in [0.3, 0.4) is 0 Å². The van der Waals surface area contributed by atoms with E-state index in [1.165, 1.54) is 28.8 Å². The summed E-state index contributed by atoms with van der Waals surface area (Å²) in [4.78, 5) is 7.23. The van der Waals surface area contributed by atoms with E-state index < -0.39 is 0 Å². The maximum atomic E-state index is 4.87. The first-order valence-corrected chi connectivity index (χ1v) is 8.95. The predicted octanol–water partition coefficient (Wildman–Crippen LogP) is 5.40. The normalized spacial score (nSPS) is 14.7. The minimum Gasteiger partial charge on any atom is -0.326 e. The van der Waals surface area contributed by atoms with Crippen LogP contribution in [0.5, 0.6) is 0 Å². The number of anilines is 1. The van der Waals surface area contributed by atoms with Crippen LogP contribution in [0.2, 0.25) is 0 Å². The van der Waals surface area contributed by atoms with Gasteiger partial charge in [-0.25, -0.2) is 0 Å². The van der Waals surface area contributed by atoms with Gasteiger partial charge in [-0.05, 0) is 36.1 Å². The zero-order valence-electron chi connectivity index (χ0n) is 14.3. The molecule has 2 heteroatoms. The van der Waals surface area contributed by atoms with Crippen LogP contribution in [0.15, 0.2) is 89.9 Å². The molecule has 0 fully saturated rings. The lowest BCUT2D eigenvalue weighted by Crippen LogP contribution is -2.31. The number of amidine groups is 1. The summed E-state index contributed by atoms with van der Waals surface area (Å²) in [5.41, 5.74) is 4.90. The van der Waals surface area contributed by atoms with Gasteiger partial charge >= 0.3 is 0 Å². The van der Waals surface area contributed by atoms with Crippen LogP contribution in [0, 0.1) is 0 Å². The van der Waals surface area contributed by atoms with Crippen molar-refractivity contribution in [2.45, 2.75) is 12.8 Å². The summed E-state index contributed by atoms with van der Waals surface area (Å²) in [6.07, 6.45) is 2.31. The van der Waals surface area contributed by atoms with Crippen molar-refractivity contribution in [1.82, 2.24) is 0 Å². The summed E-state index contributed by atoms with van der Waals surface area (Å²) in [6.45, 7) is 1.92. The molecule has 2 nitrogen and oxygen atoms in total. The maximum absolute atomic E-state index is 4.87. The lowest BCUT2D eigenvalue weighted by atomic mass is 10.0. The average molecular weight is 326 g/mol. The Hall–Kier alpha value is -2.87. The Kier molecular flexibility index (Phi) is 4.60. The van der Waals surface area contributed by atoms with Crippen molar-refractivity contribution in [2.24, 2.45) is 4.99 Å². The van der Waals surface area contributed by atoms with E-state index in [4.69, 9.17) is 4.99 Å². The number of nitrogens with zero attached hydrogens (tertiary/aromatic N) is 2. The molecule has 1 aliphatic rings. The Balaban J connectivity index is 1.67. The van der Waals surface area contributed by atoms with Crippen LogP contribution in [-0.4, -0.2) is 18.9 Å². The van der Waals surface area contributed by atoms with Crippen molar-refractivity contribution in [2.75, 3.05) is 18.0 Å². The minimum atomic E-state index is 0.906. The Bertz CT molecular complexity index is 836. The van der Waals surface area contributed by atoms with Gasteiger partial charge in [0.15, 0.2) is 0 Å². The quantitative estimate of drug-likeness (QED) is 0.629. The largest absolute Gasteiger partial charge is 0.326 e. The van der Waals surface area contributed by atoms with Gasteiger partial charge in [-0.1, -0.05) is 72.8 Å². The highest BCUT2D eigenvalue weighted by atomic mass is 15.2. The third kappa shape index (κ3) is 3.48. The predicted molar refractivity (Wildman–Crippen MR) is 106 cm³/mol. The molecule has 124 valence electrons. The molecule has 0 atom stereocenters. The van der Waals surface area contributed by atoms with Gasteiger partial charge in [-0.15, -0.1) is 0 Å². The lowest BCUT2D eigenvalue weighted by Gasteiger charge is -2.25. The van der Waals surface area contributed by atoms with Gasteiger partial charge in [0.1, 0.15) is 5.84 Å². The van der Waals surface area contributed by atoms with Crippen molar-refractivity contribution in [3.05, 3.63) is 90.5 Å². The van der Waals surface area contributed by atoms with Gasteiger partial charge in [-0.3, -0.25) is 4.99 Å². The Morgan fingerprint density at radius 3 is 1.88 bits per heavy atom. The molecular formula is C23H22N2. The Labute approximate surface area is 149 Å². The summed E-state index contributed by atoms with van der Waals surface area (Å²) >= 11 is 0. The lowest BCUT2D eigenvalue weighted by molar-refractivity contribution is 0.775. The van der Waals surface area contributed by atoms with E-state index in [0.29, 0.717) is 0 Å². The van der Waals surface area contributed by atoms with E-state index in [9.17, 15) is 0 Å². The summed E-state index contributed by atoms with van der Waals surface area (Å²) < 4.78 is 0. The third-order valence-corrected chi connectivity index (χ3v) is 4.63. The molecule has 1 heterocycles. The number of rotatable bonds is 3. The number of hydrogen-bond acceptors (Lipinski definition) is 2. The molecule has 0 spiro atoms. The highest BCUT2D eigenvalue weighted by Gasteiger charge is 2.17. The molecule has 0 aromatic heterocycles. The third-order valence-electron chi connectivity index (χ3n) is 4.63. The average Bonchev–Trinajstić information content (AvgIpc) is 2.96. The molecule has 0 N–H and O–H groups in total. The van der Waals surface area contributed by atoms with Gasteiger partial charge in [0, 0.05) is 24.3 Å². The van der Waals surface area contributed by atoms with Gasteiger partial charge in [-0.2, -0.15) is 0 Å². The summed E-state index contributed by atoms with van der Waals surface area (Å²) in [5.74, 6) is 1.09. The smallest absolute Gasteiger partial charge is 0.135 e. The summed E-state index contributed by atoms with van der Waals surface area (Å²) in [7, 11) is 0. The van der Waals surface area contributed by atoms with Crippen LogP contribution >= 0.6 is 0 Å². The van der Waals surface area contributed by atoms with Gasteiger partial charge in [0.2, 0.25) is 0 Å². The molecule has 3 aromatic rings. The minimum absolute atomic E-state index is 0.906. The fraction of sp³-hybridized carbons (Fsp3) is 0.174. The van der Waals surface area contributed by atoms with E-state index in [0.717, 1.165) is 25.3 Å². The van der Waals surface area contributed by atoms with Crippen molar-refractivity contribution in [3.63, 3.8) is 0 Å². The van der Waals surface area contributed by atoms with Crippen LogP contribution in [0.4, 0.5) is 5.69 Å². The molecule has 0 saturated carbocycles. The fourth-order valence-electron chi connectivity index (χ4n) is 3.31. The van der Waals surface area contributed by atoms with Gasteiger partial charge in [0.05, 0.1) is 0 Å². The molecule has 0 bridgehead atoms. The molecule has 0 radical (unpaired) electrons. The number of aliphatic imine (C=N–C) groups is 1. The number of benzene rings is 3. The topological polar surface area (TPSA) is 15.6 Å². The molecule has 3 aromatic carbocycles. The van der Waals surface area contributed by atoms with Crippen LogP contribution in [0.25, 0.3) is 11.1 Å². The van der Waals surface area contributed by atoms with E-state index >= 15 is 0 Å². The second kappa shape index (κ2) is 7.35. The van der Waals surface area contributed by atoms with Gasteiger partial charge < -0.3 is 4.90 Å². The number of hydrogen-bond donors (Lipinski definition) is 0. The highest BCUT2D eigenvalue weighted by Crippen LogP contribution is 2.25. The fourth-order valence-corrected chi connectivity index (χ4v) is 3.31.